The smallest absolute Gasteiger partial charge is 0.0329 e. The lowest BCUT2D eigenvalue weighted by Crippen LogP contribution is -2.14. The van der Waals surface area contributed by atoms with Crippen LogP contribution < -0.4 is 5.73 Å². The van der Waals surface area contributed by atoms with Gasteiger partial charge in [0.05, 0.1) is 0 Å². The Balaban J connectivity index is 1.63. The molecule has 0 saturated heterocycles. The van der Waals surface area contributed by atoms with Gasteiger partial charge in [0, 0.05) is 6.04 Å². The molecule has 2 aliphatic carbocycles. The van der Waals surface area contributed by atoms with Gasteiger partial charge in [0.15, 0.2) is 0 Å². The number of fused-ring (bicyclic) bond motifs is 2. The molecule has 1 nitrogen and oxygen atoms in total. The van der Waals surface area contributed by atoms with E-state index in [1.165, 1.54) is 42.0 Å². The maximum absolute atomic E-state index is 6.55. The number of hydrogen-bond donors (Lipinski definition) is 1. The van der Waals surface area contributed by atoms with Gasteiger partial charge in [-0.05, 0) is 53.0 Å². The highest BCUT2D eigenvalue weighted by atomic mass is 14.7. The molecule has 3 atom stereocenters. The van der Waals surface area contributed by atoms with Crippen LogP contribution in [0.2, 0.25) is 0 Å². The topological polar surface area (TPSA) is 26.0 Å². The Bertz CT molecular complexity index is 591. The summed E-state index contributed by atoms with van der Waals surface area (Å²) in [6.07, 6.45) is 5.66. The lowest BCUT2D eigenvalue weighted by atomic mass is 9.98. The molecule has 3 unspecified atom stereocenters. The second-order valence-electron chi connectivity index (χ2n) is 6.32. The van der Waals surface area contributed by atoms with Crippen LogP contribution in [0.5, 0.6) is 0 Å². The molecule has 0 radical (unpaired) electrons. The molecule has 19 heavy (non-hydrogen) atoms. The maximum Gasteiger partial charge on any atom is 0.0329 e. The predicted octanol–water partition coefficient (Wildman–Crippen LogP) is 4.28. The van der Waals surface area contributed by atoms with E-state index in [4.69, 9.17) is 5.73 Å². The number of rotatable bonds is 2. The second-order valence-corrected chi connectivity index (χ2v) is 6.32. The van der Waals surface area contributed by atoms with Gasteiger partial charge in [-0.3, -0.25) is 0 Å². The van der Waals surface area contributed by atoms with Crippen LogP contribution in [0.3, 0.4) is 0 Å². The van der Waals surface area contributed by atoms with Crippen LogP contribution in [-0.4, -0.2) is 0 Å². The van der Waals surface area contributed by atoms with Crippen LogP contribution >= 0.6 is 0 Å². The van der Waals surface area contributed by atoms with Gasteiger partial charge < -0.3 is 5.73 Å². The fraction of sp³-hybridized carbons (Fsp3) is 0.444. The van der Waals surface area contributed by atoms with Crippen LogP contribution in [0.1, 0.15) is 37.3 Å². The van der Waals surface area contributed by atoms with E-state index in [-0.39, 0.29) is 6.04 Å². The van der Waals surface area contributed by atoms with Gasteiger partial charge >= 0.3 is 0 Å². The van der Waals surface area contributed by atoms with Gasteiger partial charge in [-0.1, -0.05) is 49.2 Å². The third kappa shape index (κ3) is 1.88. The van der Waals surface area contributed by atoms with Gasteiger partial charge in [0.2, 0.25) is 0 Å². The average Bonchev–Trinajstić information content (AvgIpc) is 3.20. The molecule has 0 aromatic heterocycles. The third-order valence-corrected chi connectivity index (χ3v) is 5.30. The first-order chi connectivity index (χ1) is 9.34. The zero-order valence-electron chi connectivity index (χ0n) is 11.3. The maximum atomic E-state index is 6.55. The molecule has 2 fully saturated rings. The van der Waals surface area contributed by atoms with Crippen molar-refractivity contribution in [3.05, 3.63) is 48.0 Å². The molecule has 0 bridgehead atoms. The Morgan fingerprint density at radius 1 is 0.895 bits per heavy atom. The van der Waals surface area contributed by atoms with Crippen molar-refractivity contribution in [3.63, 3.8) is 0 Å². The van der Waals surface area contributed by atoms with Crippen LogP contribution in [0, 0.1) is 17.8 Å². The Labute approximate surface area is 114 Å². The Kier molecular flexibility index (Phi) is 2.63. The van der Waals surface area contributed by atoms with Gasteiger partial charge in [-0.15, -0.1) is 0 Å². The molecule has 2 aromatic carbocycles. The normalized spacial score (nSPS) is 30.9. The van der Waals surface area contributed by atoms with Crippen molar-refractivity contribution in [1.29, 1.82) is 0 Å². The summed E-state index contributed by atoms with van der Waals surface area (Å²) in [7, 11) is 0. The van der Waals surface area contributed by atoms with E-state index in [0.717, 1.165) is 17.8 Å². The van der Waals surface area contributed by atoms with Crippen molar-refractivity contribution in [2.24, 2.45) is 23.5 Å². The van der Waals surface area contributed by atoms with E-state index in [0.29, 0.717) is 0 Å². The molecule has 0 heterocycles. The summed E-state index contributed by atoms with van der Waals surface area (Å²) in [6.45, 7) is 0. The highest BCUT2D eigenvalue weighted by Gasteiger charge is 2.53. The zero-order valence-corrected chi connectivity index (χ0v) is 11.3. The SMILES string of the molecule is NC(c1ccc2ccccc2c1)C1C2CCCCC21. The summed E-state index contributed by atoms with van der Waals surface area (Å²) in [5.41, 5.74) is 7.88. The average molecular weight is 251 g/mol. The summed E-state index contributed by atoms with van der Waals surface area (Å²) in [4.78, 5) is 0. The van der Waals surface area contributed by atoms with Crippen molar-refractivity contribution >= 4 is 10.8 Å². The number of benzene rings is 2. The molecule has 0 spiro atoms. The minimum absolute atomic E-state index is 0.248. The predicted molar refractivity (Wildman–Crippen MR) is 79.8 cm³/mol. The first-order valence-electron chi connectivity index (χ1n) is 7.59. The van der Waals surface area contributed by atoms with Crippen LogP contribution in [-0.2, 0) is 0 Å². The summed E-state index contributed by atoms with van der Waals surface area (Å²) < 4.78 is 0. The molecule has 2 aromatic rings. The Morgan fingerprint density at radius 3 is 2.32 bits per heavy atom. The van der Waals surface area contributed by atoms with Crippen molar-refractivity contribution < 1.29 is 0 Å². The van der Waals surface area contributed by atoms with Crippen molar-refractivity contribution in [2.45, 2.75) is 31.7 Å². The molecular formula is C18H21N. The highest BCUT2D eigenvalue weighted by molar-refractivity contribution is 5.83. The zero-order chi connectivity index (χ0) is 12.8. The standard InChI is InChI=1S/C18H21N/c19-18(17-15-7-3-4-8-16(15)17)14-10-9-12-5-1-2-6-13(12)11-14/h1-2,5-6,9-11,15-18H,3-4,7-8,19H2. The third-order valence-electron chi connectivity index (χ3n) is 5.30. The lowest BCUT2D eigenvalue weighted by Gasteiger charge is -2.13. The van der Waals surface area contributed by atoms with E-state index >= 15 is 0 Å². The van der Waals surface area contributed by atoms with E-state index < -0.39 is 0 Å². The van der Waals surface area contributed by atoms with Crippen LogP contribution in [0.4, 0.5) is 0 Å². The minimum atomic E-state index is 0.248. The monoisotopic (exact) mass is 251 g/mol. The molecule has 2 aliphatic rings. The summed E-state index contributed by atoms with van der Waals surface area (Å²) in [6, 6.07) is 15.6. The Hall–Kier alpha value is -1.34. The van der Waals surface area contributed by atoms with Crippen LogP contribution in [0.25, 0.3) is 10.8 Å². The second kappa shape index (κ2) is 4.35. The Morgan fingerprint density at radius 2 is 1.58 bits per heavy atom. The number of hydrogen-bond acceptors (Lipinski definition) is 1. The van der Waals surface area contributed by atoms with Crippen molar-refractivity contribution in [3.8, 4) is 0 Å². The molecular weight excluding hydrogens is 230 g/mol. The molecule has 2 saturated carbocycles. The summed E-state index contributed by atoms with van der Waals surface area (Å²) >= 11 is 0. The van der Waals surface area contributed by atoms with E-state index in [9.17, 15) is 0 Å². The molecule has 1 heteroatoms. The van der Waals surface area contributed by atoms with Gasteiger partial charge in [0.1, 0.15) is 0 Å². The largest absolute Gasteiger partial charge is 0.324 e. The quantitative estimate of drug-likeness (QED) is 0.847. The molecule has 0 amide bonds. The molecule has 98 valence electrons. The van der Waals surface area contributed by atoms with E-state index in [1.54, 1.807) is 0 Å². The summed E-state index contributed by atoms with van der Waals surface area (Å²) in [5, 5.41) is 2.63. The highest BCUT2D eigenvalue weighted by Crippen LogP contribution is 2.59. The summed E-state index contributed by atoms with van der Waals surface area (Å²) in [5.74, 6) is 2.61. The van der Waals surface area contributed by atoms with Gasteiger partial charge in [-0.25, -0.2) is 0 Å². The van der Waals surface area contributed by atoms with Crippen molar-refractivity contribution in [1.82, 2.24) is 0 Å². The molecule has 0 aliphatic heterocycles. The lowest BCUT2D eigenvalue weighted by molar-refractivity contribution is 0.480. The number of nitrogens with two attached hydrogens (primary N) is 1. The van der Waals surface area contributed by atoms with Gasteiger partial charge in [0.25, 0.3) is 0 Å². The molecule has 2 N–H and O–H groups in total. The fourth-order valence-corrected chi connectivity index (χ4v) is 4.22. The fourth-order valence-electron chi connectivity index (χ4n) is 4.22. The first-order valence-corrected chi connectivity index (χ1v) is 7.59. The van der Waals surface area contributed by atoms with E-state index in [2.05, 4.69) is 42.5 Å². The van der Waals surface area contributed by atoms with Crippen molar-refractivity contribution in [2.75, 3.05) is 0 Å². The first kappa shape index (κ1) is 11.5. The van der Waals surface area contributed by atoms with E-state index in [1.807, 2.05) is 0 Å². The minimum Gasteiger partial charge on any atom is -0.324 e. The van der Waals surface area contributed by atoms with Gasteiger partial charge in [-0.2, -0.15) is 0 Å². The van der Waals surface area contributed by atoms with Crippen LogP contribution in [0.15, 0.2) is 42.5 Å². The molecule has 4 rings (SSSR count).